The molecule has 0 spiro atoms. The Morgan fingerprint density at radius 2 is 2.13 bits per heavy atom. The number of fused-ring (bicyclic) bond motifs is 1. The van der Waals surface area contributed by atoms with E-state index in [1.54, 1.807) is 18.3 Å². The Morgan fingerprint density at radius 3 is 2.87 bits per heavy atom. The fourth-order valence-corrected chi connectivity index (χ4v) is 4.55. The number of pyridine rings is 1. The number of nitrogens with zero attached hydrogens (tertiary/aromatic N) is 4. The van der Waals surface area contributed by atoms with E-state index in [9.17, 15) is 4.79 Å². The highest BCUT2D eigenvalue weighted by atomic mass is 35.5. The van der Waals surface area contributed by atoms with Crippen LogP contribution in [-0.2, 0) is 11.4 Å². The van der Waals surface area contributed by atoms with E-state index in [1.165, 1.54) is 12.4 Å². The third-order valence-electron chi connectivity index (χ3n) is 6.41. The lowest BCUT2D eigenvalue weighted by atomic mass is 10.1. The topological polar surface area (TPSA) is 92.3 Å². The van der Waals surface area contributed by atoms with Gasteiger partial charge >= 0.3 is 0 Å². The zero-order valence-corrected chi connectivity index (χ0v) is 22.2. The molecule has 8 nitrogen and oxygen atoms in total. The maximum atomic E-state index is 12.2. The zero-order valence-electron chi connectivity index (χ0n) is 21.4. The molecule has 9 heteroatoms. The number of aromatic nitrogens is 3. The number of amides is 1. The van der Waals surface area contributed by atoms with Gasteiger partial charge in [0.25, 0.3) is 0 Å². The van der Waals surface area contributed by atoms with Crippen LogP contribution in [0, 0.1) is 11.8 Å². The summed E-state index contributed by atoms with van der Waals surface area (Å²) in [6, 6.07) is 14.9. The van der Waals surface area contributed by atoms with Crippen molar-refractivity contribution < 1.29 is 9.53 Å². The van der Waals surface area contributed by atoms with Crippen LogP contribution in [0.5, 0.6) is 5.75 Å². The lowest BCUT2D eigenvalue weighted by Gasteiger charge is -2.14. The molecular weight excluding hydrogens is 512 g/mol. The number of anilines is 3. The Labute approximate surface area is 232 Å². The van der Waals surface area contributed by atoms with Gasteiger partial charge in [-0.1, -0.05) is 36.1 Å². The van der Waals surface area contributed by atoms with Crippen LogP contribution < -0.4 is 15.4 Å². The van der Waals surface area contributed by atoms with Gasteiger partial charge in [-0.3, -0.25) is 14.7 Å². The first kappa shape index (κ1) is 26.2. The highest BCUT2D eigenvalue weighted by molar-refractivity contribution is 6.32. The fraction of sp³-hybridized carbons (Fsp3) is 0.200. The minimum absolute atomic E-state index is 0.187. The third kappa shape index (κ3) is 6.34. The largest absolute Gasteiger partial charge is 0.486 e. The molecule has 2 N–H and O–H groups in total. The average molecular weight is 539 g/mol. The number of halogens is 1. The number of hydrogen-bond donors (Lipinski definition) is 2. The summed E-state index contributed by atoms with van der Waals surface area (Å²) in [5.74, 6) is 7.38. The summed E-state index contributed by atoms with van der Waals surface area (Å²) in [6.07, 6.45) is 6.58. The Bertz CT molecular complexity index is 1580. The average Bonchev–Trinajstić information content (AvgIpc) is 3.36. The molecule has 2 aromatic heterocycles. The predicted octanol–water partition coefficient (Wildman–Crippen LogP) is 5.57. The normalized spacial score (nSPS) is 14.9. The van der Waals surface area contributed by atoms with Crippen molar-refractivity contribution in [1.82, 2.24) is 19.9 Å². The summed E-state index contributed by atoms with van der Waals surface area (Å²) in [5.41, 5.74) is 3.46. The molecule has 0 bridgehead atoms. The maximum absolute atomic E-state index is 12.2. The van der Waals surface area contributed by atoms with Crippen molar-refractivity contribution in [3.63, 3.8) is 0 Å². The molecule has 0 saturated carbocycles. The van der Waals surface area contributed by atoms with Crippen LogP contribution in [0.4, 0.5) is 17.2 Å². The standard InChI is InChI=1S/C30H27ClN6O2/c1-3-29(38)36-26-17-24-27(15-20(26)9-11-23-8-6-14-37(23)2)33-19-34-30(24)35-21-10-12-28(25(31)16-21)39-18-22-7-4-5-13-32-22/h3-5,7,10,12-13,15-17,19,23H,1,6,8,14,18H2,2H3,(H,36,38)(H,33,34,35). The number of benzene rings is 2. The van der Waals surface area contributed by atoms with Gasteiger partial charge in [0.1, 0.15) is 24.5 Å². The summed E-state index contributed by atoms with van der Waals surface area (Å²) in [5, 5.41) is 7.34. The Kier molecular flexibility index (Phi) is 8.02. The van der Waals surface area contributed by atoms with Gasteiger partial charge in [-0.25, -0.2) is 9.97 Å². The molecule has 5 rings (SSSR count). The Balaban J connectivity index is 1.42. The molecule has 39 heavy (non-hydrogen) atoms. The molecular formula is C30H27ClN6O2. The first-order valence-corrected chi connectivity index (χ1v) is 12.9. The van der Waals surface area contributed by atoms with Crippen molar-refractivity contribution in [1.29, 1.82) is 0 Å². The van der Waals surface area contributed by atoms with Crippen LogP contribution >= 0.6 is 11.6 Å². The van der Waals surface area contributed by atoms with Gasteiger partial charge in [-0.2, -0.15) is 0 Å². The number of ether oxygens (including phenoxy) is 1. The van der Waals surface area contributed by atoms with Crippen LogP contribution in [0.3, 0.4) is 0 Å². The molecule has 1 amide bonds. The summed E-state index contributed by atoms with van der Waals surface area (Å²) in [4.78, 5) is 27.6. The monoisotopic (exact) mass is 538 g/mol. The molecule has 1 saturated heterocycles. The minimum Gasteiger partial charge on any atom is -0.486 e. The van der Waals surface area contributed by atoms with E-state index < -0.39 is 0 Å². The highest BCUT2D eigenvalue weighted by Crippen LogP contribution is 2.32. The first-order chi connectivity index (χ1) is 19.0. The van der Waals surface area contributed by atoms with E-state index in [2.05, 4.69) is 56.0 Å². The second-order valence-corrected chi connectivity index (χ2v) is 9.53. The first-order valence-electron chi connectivity index (χ1n) is 12.5. The van der Waals surface area contributed by atoms with E-state index >= 15 is 0 Å². The number of rotatable bonds is 7. The third-order valence-corrected chi connectivity index (χ3v) is 6.70. The summed E-state index contributed by atoms with van der Waals surface area (Å²) in [7, 11) is 2.07. The number of carbonyl (C=O) groups excluding carboxylic acids is 1. The summed E-state index contributed by atoms with van der Waals surface area (Å²) < 4.78 is 5.83. The van der Waals surface area contributed by atoms with Crippen LogP contribution in [-0.4, -0.2) is 45.4 Å². The van der Waals surface area contributed by atoms with Gasteiger partial charge < -0.3 is 15.4 Å². The number of carbonyl (C=O) groups is 1. The number of nitrogens with one attached hydrogen (secondary N) is 2. The molecule has 1 fully saturated rings. The van der Waals surface area contributed by atoms with Crippen molar-refractivity contribution >= 4 is 45.6 Å². The number of likely N-dealkylation sites (tertiary alicyclic amines) is 1. The van der Waals surface area contributed by atoms with Crippen molar-refractivity contribution in [2.24, 2.45) is 0 Å². The molecule has 1 aliphatic heterocycles. The fourth-order valence-electron chi connectivity index (χ4n) is 4.31. The molecule has 196 valence electrons. The summed E-state index contributed by atoms with van der Waals surface area (Å²) in [6.45, 7) is 4.91. The molecule has 1 aliphatic rings. The van der Waals surface area contributed by atoms with E-state index in [0.717, 1.165) is 30.8 Å². The van der Waals surface area contributed by atoms with E-state index in [0.29, 0.717) is 45.4 Å². The lowest BCUT2D eigenvalue weighted by Crippen LogP contribution is -2.22. The maximum Gasteiger partial charge on any atom is 0.247 e. The second-order valence-electron chi connectivity index (χ2n) is 9.12. The van der Waals surface area contributed by atoms with Gasteiger partial charge in [-0.15, -0.1) is 0 Å². The van der Waals surface area contributed by atoms with Gasteiger partial charge in [0.05, 0.1) is 33.5 Å². The summed E-state index contributed by atoms with van der Waals surface area (Å²) >= 11 is 6.50. The molecule has 0 radical (unpaired) electrons. The van der Waals surface area contributed by atoms with E-state index in [1.807, 2.05) is 36.4 Å². The lowest BCUT2D eigenvalue weighted by molar-refractivity contribution is -0.111. The SMILES string of the molecule is C=CC(=O)Nc1cc2c(Nc3ccc(OCc4ccccn4)c(Cl)c3)ncnc2cc1C#CC1CCCN1C. The van der Waals surface area contributed by atoms with Crippen molar-refractivity contribution in [2.75, 3.05) is 24.2 Å². The molecule has 3 heterocycles. The highest BCUT2D eigenvalue weighted by Gasteiger charge is 2.18. The van der Waals surface area contributed by atoms with Gasteiger partial charge in [-0.05, 0) is 75.0 Å². The zero-order chi connectivity index (χ0) is 27.2. The van der Waals surface area contributed by atoms with Gasteiger partial charge in [0.15, 0.2) is 0 Å². The predicted molar refractivity (Wildman–Crippen MR) is 154 cm³/mol. The quantitative estimate of drug-likeness (QED) is 0.235. The minimum atomic E-state index is -0.324. The second kappa shape index (κ2) is 11.9. The molecule has 0 aliphatic carbocycles. The molecule has 1 unspecified atom stereocenters. The molecule has 2 aromatic carbocycles. The van der Waals surface area contributed by atoms with Crippen molar-refractivity contribution in [3.05, 3.63) is 90.0 Å². The Hall–Kier alpha value is -4.45. The van der Waals surface area contributed by atoms with Gasteiger partial charge in [0.2, 0.25) is 5.91 Å². The molecule has 4 aromatic rings. The van der Waals surface area contributed by atoms with Crippen LogP contribution in [0.25, 0.3) is 10.9 Å². The Morgan fingerprint density at radius 1 is 1.23 bits per heavy atom. The van der Waals surface area contributed by atoms with Crippen LogP contribution in [0.15, 0.2) is 73.7 Å². The van der Waals surface area contributed by atoms with E-state index in [4.69, 9.17) is 16.3 Å². The van der Waals surface area contributed by atoms with Crippen LogP contribution in [0.2, 0.25) is 5.02 Å². The van der Waals surface area contributed by atoms with Gasteiger partial charge in [0, 0.05) is 17.3 Å². The number of hydrogen-bond acceptors (Lipinski definition) is 7. The van der Waals surface area contributed by atoms with E-state index in [-0.39, 0.29) is 11.9 Å². The smallest absolute Gasteiger partial charge is 0.247 e. The van der Waals surface area contributed by atoms with Crippen molar-refractivity contribution in [2.45, 2.75) is 25.5 Å². The van der Waals surface area contributed by atoms with Crippen LogP contribution in [0.1, 0.15) is 24.1 Å². The molecule has 1 atom stereocenters. The van der Waals surface area contributed by atoms with Crippen molar-refractivity contribution in [3.8, 4) is 17.6 Å².